The van der Waals surface area contributed by atoms with Crippen molar-refractivity contribution in [3.8, 4) is 17.6 Å². The van der Waals surface area contributed by atoms with E-state index in [1.165, 1.54) is 25.3 Å². The second kappa shape index (κ2) is 10.2. The van der Waals surface area contributed by atoms with E-state index < -0.39 is 25.1 Å². The first-order valence-electron chi connectivity index (χ1n) is 8.20. The van der Waals surface area contributed by atoms with Crippen LogP contribution in [0.25, 0.3) is 0 Å². The minimum absolute atomic E-state index is 0.0595. The normalized spacial score (nSPS) is 13.5. The molecule has 0 saturated carbocycles. The third kappa shape index (κ3) is 4.98. The molecule has 1 aromatic rings. The van der Waals surface area contributed by atoms with E-state index >= 15 is 0 Å². The van der Waals surface area contributed by atoms with Gasteiger partial charge >= 0.3 is 13.6 Å². The van der Waals surface area contributed by atoms with Crippen LogP contribution in [0.1, 0.15) is 32.0 Å². The minimum Gasteiger partial charge on any atom is -0.504 e. The van der Waals surface area contributed by atoms with Crippen molar-refractivity contribution < 1.29 is 33.0 Å². The molecule has 1 N–H and O–H groups in total. The van der Waals surface area contributed by atoms with Gasteiger partial charge in [-0.05, 0) is 38.5 Å². The Hall–Kier alpha value is -2.07. The zero-order chi connectivity index (χ0) is 19.7. The molecule has 0 bridgehead atoms. The second-order valence-electron chi connectivity index (χ2n) is 5.11. The molecule has 0 aliphatic carbocycles. The standard InChI is InChI=1S/C17H24NO7P/c1-5-23-17(20)13(11-18)16(26(21,24-6-2)25-7-3)12-8-9-14(19)15(10-12)22-4/h8-10,13,16,19H,5-7H2,1-4H3. The number of methoxy groups -OCH3 is 1. The van der Waals surface area contributed by atoms with Crippen LogP contribution in [0.4, 0.5) is 0 Å². The molecular weight excluding hydrogens is 361 g/mol. The Balaban J connectivity index is 3.58. The molecule has 1 aromatic carbocycles. The highest BCUT2D eigenvalue weighted by Gasteiger charge is 2.46. The Kier molecular flexibility index (Phi) is 8.59. The van der Waals surface area contributed by atoms with Gasteiger partial charge in [-0.25, -0.2) is 0 Å². The molecule has 0 spiro atoms. The molecule has 9 heteroatoms. The molecule has 0 aromatic heterocycles. The fraction of sp³-hybridized carbons (Fsp3) is 0.529. The van der Waals surface area contributed by atoms with E-state index in [0.717, 1.165) is 0 Å². The predicted octanol–water partition coefficient (Wildman–Crippen LogP) is 3.41. The fourth-order valence-corrected chi connectivity index (χ4v) is 4.67. The van der Waals surface area contributed by atoms with Gasteiger partial charge in [-0.1, -0.05) is 6.07 Å². The highest BCUT2D eigenvalue weighted by atomic mass is 31.2. The number of phenolic OH excluding ortho intramolecular Hbond substituents is 1. The van der Waals surface area contributed by atoms with Crippen molar-refractivity contribution in [2.24, 2.45) is 5.92 Å². The molecule has 0 heterocycles. The van der Waals surface area contributed by atoms with Crippen molar-refractivity contribution in [3.63, 3.8) is 0 Å². The third-order valence-electron chi connectivity index (χ3n) is 3.50. The van der Waals surface area contributed by atoms with Gasteiger partial charge in [0, 0.05) is 0 Å². The van der Waals surface area contributed by atoms with Crippen LogP contribution < -0.4 is 4.74 Å². The number of carbonyl (C=O) groups is 1. The van der Waals surface area contributed by atoms with Crippen LogP contribution >= 0.6 is 7.60 Å². The predicted molar refractivity (Wildman–Crippen MR) is 94.0 cm³/mol. The maximum atomic E-state index is 13.4. The number of hydrogen-bond donors (Lipinski definition) is 1. The largest absolute Gasteiger partial charge is 0.504 e. The zero-order valence-electron chi connectivity index (χ0n) is 15.3. The van der Waals surface area contributed by atoms with Gasteiger partial charge in [0.2, 0.25) is 0 Å². The molecule has 0 fully saturated rings. The van der Waals surface area contributed by atoms with E-state index in [1.807, 2.05) is 6.07 Å². The third-order valence-corrected chi connectivity index (χ3v) is 6.01. The van der Waals surface area contributed by atoms with Gasteiger partial charge in [0.05, 0.1) is 33.0 Å². The maximum Gasteiger partial charge on any atom is 0.340 e. The summed E-state index contributed by atoms with van der Waals surface area (Å²) in [5.74, 6) is -2.28. The van der Waals surface area contributed by atoms with E-state index in [4.69, 9.17) is 18.5 Å². The molecule has 1 rings (SSSR count). The van der Waals surface area contributed by atoms with Gasteiger partial charge in [-0.3, -0.25) is 9.36 Å². The fourth-order valence-electron chi connectivity index (χ4n) is 2.48. The lowest BCUT2D eigenvalue weighted by Gasteiger charge is -2.29. The van der Waals surface area contributed by atoms with Crippen molar-refractivity contribution in [1.82, 2.24) is 0 Å². The smallest absolute Gasteiger partial charge is 0.340 e. The summed E-state index contributed by atoms with van der Waals surface area (Å²) in [6.45, 7) is 5.05. The quantitative estimate of drug-likeness (QED) is 0.481. The number of carbonyl (C=O) groups excluding carboxylic acids is 1. The van der Waals surface area contributed by atoms with Gasteiger partial charge in [0.25, 0.3) is 0 Å². The van der Waals surface area contributed by atoms with Crippen LogP contribution in [0, 0.1) is 17.2 Å². The van der Waals surface area contributed by atoms with E-state index in [9.17, 15) is 19.7 Å². The number of nitriles is 1. The Bertz CT molecular complexity index is 691. The molecule has 0 saturated heterocycles. The van der Waals surface area contributed by atoms with Crippen LogP contribution in [-0.4, -0.2) is 38.0 Å². The molecule has 26 heavy (non-hydrogen) atoms. The monoisotopic (exact) mass is 385 g/mol. The zero-order valence-corrected chi connectivity index (χ0v) is 16.2. The van der Waals surface area contributed by atoms with E-state index in [2.05, 4.69) is 0 Å². The number of hydrogen-bond acceptors (Lipinski definition) is 8. The molecule has 0 aliphatic heterocycles. The van der Waals surface area contributed by atoms with E-state index in [0.29, 0.717) is 5.56 Å². The number of esters is 1. The summed E-state index contributed by atoms with van der Waals surface area (Å²) in [5, 5.41) is 19.4. The molecule has 0 amide bonds. The number of nitrogens with zero attached hydrogens (tertiary/aromatic N) is 1. The second-order valence-corrected chi connectivity index (χ2v) is 7.26. The molecule has 0 radical (unpaired) electrons. The van der Waals surface area contributed by atoms with Gasteiger partial charge in [-0.15, -0.1) is 0 Å². The first-order chi connectivity index (χ1) is 12.4. The summed E-state index contributed by atoms with van der Waals surface area (Å²) in [4.78, 5) is 12.3. The summed E-state index contributed by atoms with van der Waals surface area (Å²) >= 11 is 0. The summed E-state index contributed by atoms with van der Waals surface area (Å²) in [5.41, 5.74) is -0.939. The highest BCUT2D eigenvalue weighted by Crippen LogP contribution is 2.64. The lowest BCUT2D eigenvalue weighted by atomic mass is 9.99. The molecule has 8 nitrogen and oxygen atoms in total. The van der Waals surface area contributed by atoms with Crippen molar-refractivity contribution in [1.29, 1.82) is 5.26 Å². The average molecular weight is 385 g/mol. The number of rotatable bonds is 10. The lowest BCUT2D eigenvalue weighted by molar-refractivity contribution is -0.146. The summed E-state index contributed by atoms with van der Waals surface area (Å²) in [6.07, 6.45) is 0. The van der Waals surface area contributed by atoms with E-state index in [-0.39, 0.29) is 31.3 Å². The first-order valence-corrected chi connectivity index (χ1v) is 9.81. The average Bonchev–Trinajstić information content (AvgIpc) is 2.60. The number of ether oxygens (including phenoxy) is 2. The van der Waals surface area contributed by atoms with Gasteiger partial charge in [-0.2, -0.15) is 5.26 Å². The summed E-state index contributed by atoms with van der Waals surface area (Å²) in [6, 6.07) is 6.01. The van der Waals surface area contributed by atoms with Gasteiger partial charge in [0.15, 0.2) is 17.4 Å². The molecule has 2 atom stereocenters. The lowest BCUT2D eigenvalue weighted by Crippen LogP contribution is -2.25. The number of benzene rings is 1. The van der Waals surface area contributed by atoms with Crippen LogP contribution in [0.3, 0.4) is 0 Å². The number of phenols is 1. The first kappa shape index (κ1) is 22.0. The Labute approximate surface area is 153 Å². The summed E-state index contributed by atoms with van der Waals surface area (Å²) in [7, 11) is -2.55. The Morgan fingerprint density at radius 1 is 1.23 bits per heavy atom. The van der Waals surface area contributed by atoms with Crippen molar-refractivity contribution in [2.75, 3.05) is 26.9 Å². The topological polar surface area (TPSA) is 115 Å². The van der Waals surface area contributed by atoms with Crippen LogP contribution in [0.2, 0.25) is 0 Å². The van der Waals surface area contributed by atoms with Crippen LogP contribution in [0.5, 0.6) is 11.5 Å². The molecular formula is C17H24NO7P. The summed E-state index contributed by atoms with van der Waals surface area (Å²) < 4.78 is 34.2. The molecule has 2 unspecified atom stereocenters. The van der Waals surface area contributed by atoms with E-state index in [1.54, 1.807) is 20.8 Å². The van der Waals surface area contributed by atoms with Gasteiger partial charge < -0.3 is 23.6 Å². The SMILES string of the molecule is CCOC(=O)C(C#N)C(c1ccc(O)c(OC)c1)P(=O)(OCC)OCC. The molecule has 144 valence electrons. The van der Waals surface area contributed by atoms with Crippen molar-refractivity contribution in [3.05, 3.63) is 23.8 Å². The Morgan fingerprint density at radius 3 is 2.31 bits per heavy atom. The van der Waals surface area contributed by atoms with Crippen molar-refractivity contribution in [2.45, 2.75) is 26.4 Å². The van der Waals surface area contributed by atoms with Crippen LogP contribution in [0.15, 0.2) is 18.2 Å². The maximum absolute atomic E-state index is 13.4. The van der Waals surface area contributed by atoms with Crippen molar-refractivity contribution >= 4 is 13.6 Å². The van der Waals surface area contributed by atoms with Crippen LogP contribution in [-0.2, 0) is 23.1 Å². The number of aromatic hydroxyl groups is 1. The Morgan fingerprint density at radius 2 is 1.85 bits per heavy atom. The highest BCUT2D eigenvalue weighted by molar-refractivity contribution is 7.54. The van der Waals surface area contributed by atoms with Gasteiger partial charge in [0.1, 0.15) is 5.66 Å². The molecule has 0 aliphatic rings. The minimum atomic E-state index is -3.91.